The highest BCUT2D eigenvalue weighted by Crippen LogP contribution is 2.15. The summed E-state index contributed by atoms with van der Waals surface area (Å²) in [6, 6.07) is 7.81. The van der Waals surface area contributed by atoms with E-state index in [-0.39, 0.29) is 6.42 Å². The van der Waals surface area contributed by atoms with Crippen molar-refractivity contribution in [1.82, 2.24) is 4.98 Å². The van der Waals surface area contributed by atoms with Gasteiger partial charge in [0.25, 0.3) is 0 Å². The maximum atomic E-state index is 10.5. The summed E-state index contributed by atoms with van der Waals surface area (Å²) in [5.41, 5.74) is 2.80. The third-order valence-electron chi connectivity index (χ3n) is 2.25. The van der Waals surface area contributed by atoms with Crippen molar-refractivity contribution in [3.63, 3.8) is 0 Å². The van der Waals surface area contributed by atoms with Gasteiger partial charge in [-0.1, -0.05) is 12.1 Å². The lowest BCUT2D eigenvalue weighted by molar-refractivity contribution is -0.136. The van der Waals surface area contributed by atoms with Crippen LogP contribution in [0, 0.1) is 6.92 Å². The Morgan fingerprint density at radius 2 is 2.20 bits per heavy atom. The Hall–Kier alpha value is -1.90. The van der Waals surface area contributed by atoms with Gasteiger partial charge < -0.3 is 5.11 Å². The Kier molecular flexibility index (Phi) is 2.37. The lowest BCUT2D eigenvalue weighted by Crippen LogP contribution is -2.00. The van der Waals surface area contributed by atoms with Gasteiger partial charge in [0.2, 0.25) is 0 Å². The second kappa shape index (κ2) is 3.69. The van der Waals surface area contributed by atoms with Gasteiger partial charge in [0.15, 0.2) is 0 Å². The Morgan fingerprint density at radius 1 is 1.40 bits per heavy atom. The fourth-order valence-corrected chi connectivity index (χ4v) is 1.55. The molecule has 2 rings (SSSR count). The molecule has 15 heavy (non-hydrogen) atoms. The zero-order valence-corrected chi connectivity index (χ0v) is 8.40. The lowest BCUT2D eigenvalue weighted by Gasteiger charge is -2.01. The molecule has 0 bridgehead atoms. The van der Waals surface area contributed by atoms with E-state index in [0.29, 0.717) is 0 Å². The maximum Gasteiger partial charge on any atom is 0.307 e. The monoisotopic (exact) mass is 201 g/mol. The summed E-state index contributed by atoms with van der Waals surface area (Å²) in [5, 5.41) is 9.64. The first-order valence-electron chi connectivity index (χ1n) is 4.72. The zero-order valence-electron chi connectivity index (χ0n) is 8.40. The molecule has 0 atom stereocenters. The van der Waals surface area contributed by atoms with E-state index in [4.69, 9.17) is 5.11 Å². The molecule has 3 nitrogen and oxygen atoms in total. The second-order valence-electron chi connectivity index (χ2n) is 3.61. The highest BCUT2D eigenvalue weighted by atomic mass is 16.4. The van der Waals surface area contributed by atoms with Crippen molar-refractivity contribution in [3.05, 3.63) is 41.6 Å². The summed E-state index contributed by atoms with van der Waals surface area (Å²) in [6.07, 6.45) is 1.65. The van der Waals surface area contributed by atoms with Crippen LogP contribution in [-0.4, -0.2) is 16.1 Å². The van der Waals surface area contributed by atoms with Crippen LogP contribution in [0.25, 0.3) is 10.9 Å². The fourth-order valence-electron chi connectivity index (χ4n) is 1.55. The summed E-state index contributed by atoms with van der Waals surface area (Å²) < 4.78 is 0. The van der Waals surface area contributed by atoms with Crippen LogP contribution in [-0.2, 0) is 11.2 Å². The number of carboxylic acids is 1. The van der Waals surface area contributed by atoms with E-state index >= 15 is 0 Å². The topological polar surface area (TPSA) is 50.2 Å². The van der Waals surface area contributed by atoms with Gasteiger partial charge in [-0.25, -0.2) is 0 Å². The first-order valence-corrected chi connectivity index (χ1v) is 4.72. The van der Waals surface area contributed by atoms with Crippen molar-refractivity contribution in [2.45, 2.75) is 13.3 Å². The number of nitrogens with zero attached hydrogens (tertiary/aromatic N) is 1. The zero-order chi connectivity index (χ0) is 10.8. The van der Waals surface area contributed by atoms with Crippen LogP contribution in [0.4, 0.5) is 0 Å². The molecule has 3 heteroatoms. The minimum absolute atomic E-state index is 0.0246. The molecule has 0 fully saturated rings. The number of aryl methyl sites for hydroxylation is 1. The standard InChI is InChI=1S/C12H11NO2/c1-8-2-3-10-5-9(6-12(14)15)7-13-11(10)4-8/h2-5,7H,6H2,1H3,(H,14,15). The summed E-state index contributed by atoms with van der Waals surface area (Å²) >= 11 is 0. The predicted octanol–water partition coefficient (Wildman–Crippen LogP) is 2.17. The van der Waals surface area contributed by atoms with E-state index < -0.39 is 5.97 Å². The quantitative estimate of drug-likeness (QED) is 0.810. The average molecular weight is 201 g/mol. The van der Waals surface area contributed by atoms with Crippen LogP contribution in [0.5, 0.6) is 0 Å². The van der Waals surface area contributed by atoms with Gasteiger partial charge >= 0.3 is 5.97 Å². The Morgan fingerprint density at radius 3 is 2.93 bits per heavy atom. The number of carbonyl (C=O) groups is 1. The van der Waals surface area contributed by atoms with Gasteiger partial charge in [0.1, 0.15) is 0 Å². The van der Waals surface area contributed by atoms with Crippen molar-refractivity contribution in [3.8, 4) is 0 Å². The van der Waals surface area contributed by atoms with Crippen LogP contribution in [0.15, 0.2) is 30.5 Å². The summed E-state index contributed by atoms with van der Waals surface area (Å²) in [6.45, 7) is 2.01. The smallest absolute Gasteiger partial charge is 0.307 e. The van der Waals surface area contributed by atoms with E-state index in [0.717, 1.165) is 22.0 Å². The first-order chi connectivity index (χ1) is 7.15. The molecule has 0 aliphatic heterocycles. The molecule has 1 aromatic heterocycles. The molecule has 76 valence electrons. The Labute approximate surface area is 87.4 Å². The third kappa shape index (κ3) is 2.13. The number of fused-ring (bicyclic) bond motifs is 1. The molecule has 0 spiro atoms. The number of hydrogen-bond acceptors (Lipinski definition) is 2. The lowest BCUT2D eigenvalue weighted by atomic mass is 10.1. The predicted molar refractivity (Wildman–Crippen MR) is 57.8 cm³/mol. The fraction of sp³-hybridized carbons (Fsp3) is 0.167. The second-order valence-corrected chi connectivity index (χ2v) is 3.61. The van der Waals surface area contributed by atoms with Gasteiger partial charge in [0, 0.05) is 11.6 Å². The SMILES string of the molecule is Cc1ccc2cc(CC(=O)O)cnc2c1. The highest BCUT2D eigenvalue weighted by molar-refractivity contribution is 5.81. The number of benzene rings is 1. The molecule has 0 unspecified atom stereocenters. The molecule has 0 saturated carbocycles. The van der Waals surface area contributed by atoms with Crippen molar-refractivity contribution in [2.24, 2.45) is 0 Å². The van der Waals surface area contributed by atoms with E-state index in [1.54, 1.807) is 6.20 Å². The number of hydrogen-bond donors (Lipinski definition) is 1. The normalized spacial score (nSPS) is 10.5. The van der Waals surface area contributed by atoms with Crippen molar-refractivity contribution >= 4 is 16.9 Å². The number of rotatable bonds is 2. The van der Waals surface area contributed by atoms with Gasteiger partial charge in [-0.15, -0.1) is 0 Å². The third-order valence-corrected chi connectivity index (χ3v) is 2.25. The molecule has 1 aromatic carbocycles. The Bertz CT molecular complexity index is 520. The van der Waals surface area contributed by atoms with Crippen LogP contribution in [0.1, 0.15) is 11.1 Å². The van der Waals surface area contributed by atoms with Gasteiger partial charge in [0.05, 0.1) is 11.9 Å². The molecule has 2 aromatic rings. The van der Waals surface area contributed by atoms with E-state index in [2.05, 4.69) is 4.98 Å². The van der Waals surface area contributed by atoms with Crippen LogP contribution in [0.3, 0.4) is 0 Å². The number of carboxylic acid groups (broad SMARTS) is 1. The van der Waals surface area contributed by atoms with Crippen molar-refractivity contribution < 1.29 is 9.90 Å². The van der Waals surface area contributed by atoms with Crippen molar-refractivity contribution in [2.75, 3.05) is 0 Å². The van der Waals surface area contributed by atoms with E-state index in [9.17, 15) is 4.79 Å². The van der Waals surface area contributed by atoms with Gasteiger partial charge in [-0.3, -0.25) is 9.78 Å². The van der Waals surface area contributed by atoms with Gasteiger partial charge in [-0.05, 0) is 30.2 Å². The molecular weight excluding hydrogens is 190 g/mol. The van der Waals surface area contributed by atoms with Crippen LogP contribution < -0.4 is 0 Å². The number of aromatic nitrogens is 1. The minimum atomic E-state index is -0.830. The average Bonchev–Trinajstić information content (AvgIpc) is 2.17. The first kappa shape index (κ1) is 9.65. The molecular formula is C12H11NO2. The summed E-state index contributed by atoms with van der Waals surface area (Å²) in [4.78, 5) is 14.8. The van der Waals surface area contributed by atoms with E-state index in [1.807, 2.05) is 31.2 Å². The minimum Gasteiger partial charge on any atom is -0.481 e. The molecule has 0 radical (unpaired) electrons. The largest absolute Gasteiger partial charge is 0.481 e. The van der Waals surface area contributed by atoms with Crippen LogP contribution >= 0.6 is 0 Å². The molecule has 0 aliphatic carbocycles. The van der Waals surface area contributed by atoms with Crippen molar-refractivity contribution in [1.29, 1.82) is 0 Å². The molecule has 1 N–H and O–H groups in total. The van der Waals surface area contributed by atoms with Gasteiger partial charge in [-0.2, -0.15) is 0 Å². The summed E-state index contributed by atoms with van der Waals surface area (Å²) in [5.74, 6) is -0.830. The van der Waals surface area contributed by atoms with Crippen LogP contribution in [0.2, 0.25) is 0 Å². The Balaban J connectivity index is 2.47. The maximum absolute atomic E-state index is 10.5. The van der Waals surface area contributed by atoms with E-state index in [1.165, 1.54) is 0 Å². The summed E-state index contributed by atoms with van der Waals surface area (Å²) in [7, 11) is 0. The number of pyridine rings is 1. The number of aliphatic carboxylic acids is 1. The molecule has 1 heterocycles. The molecule has 0 aliphatic rings. The highest BCUT2D eigenvalue weighted by Gasteiger charge is 2.02. The molecule has 0 saturated heterocycles. The molecule has 0 amide bonds.